The highest BCUT2D eigenvalue weighted by Crippen LogP contribution is 2.75. The average Bonchev–Trinajstić information content (AvgIpc) is 3.00. The van der Waals surface area contributed by atoms with Crippen molar-refractivity contribution in [3.63, 3.8) is 0 Å². The lowest BCUT2D eigenvalue weighted by atomic mass is 9.33. The van der Waals surface area contributed by atoms with Gasteiger partial charge in [-0.15, -0.1) is 0 Å². The number of ether oxygens (including phenoxy) is 1. The van der Waals surface area contributed by atoms with Crippen LogP contribution in [-0.2, 0) is 19.1 Å². The molecule has 0 spiro atoms. The van der Waals surface area contributed by atoms with Gasteiger partial charge in [-0.3, -0.25) is 9.59 Å². The third-order valence-corrected chi connectivity index (χ3v) is 14.7. The van der Waals surface area contributed by atoms with E-state index in [0.29, 0.717) is 42.9 Å². The molecule has 0 radical (unpaired) electrons. The number of carboxylic acids is 1. The molecular formula is C39H52O7. The zero-order valence-corrected chi connectivity index (χ0v) is 28.4. The number of hydrogen-bond donors (Lipinski definition) is 3. The van der Waals surface area contributed by atoms with E-state index in [-0.39, 0.29) is 58.0 Å². The molecule has 250 valence electrons. The van der Waals surface area contributed by atoms with Gasteiger partial charge in [0.25, 0.3) is 0 Å². The fourth-order valence-corrected chi connectivity index (χ4v) is 11.8. The third-order valence-electron chi connectivity index (χ3n) is 14.7. The Morgan fingerprint density at radius 2 is 1.70 bits per heavy atom. The molecule has 4 saturated carbocycles. The van der Waals surface area contributed by atoms with E-state index in [9.17, 15) is 29.7 Å². The van der Waals surface area contributed by atoms with Gasteiger partial charge in [-0.25, -0.2) is 4.79 Å². The molecule has 1 aromatic carbocycles. The number of fused-ring (bicyclic) bond motifs is 7. The summed E-state index contributed by atoms with van der Waals surface area (Å²) in [5.41, 5.74) is -0.240. The number of carbonyl (C=O) groups excluding carboxylic acids is 2. The van der Waals surface area contributed by atoms with Gasteiger partial charge in [0.15, 0.2) is 11.5 Å². The van der Waals surface area contributed by atoms with Crippen LogP contribution in [0.15, 0.2) is 35.9 Å². The van der Waals surface area contributed by atoms with Crippen molar-refractivity contribution in [2.45, 2.75) is 99.3 Å². The second-order valence-electron chi connectivity index (χ2n) is 16.7. The molecule has 5 aliphatic rings. The lowest BCUT2D eigenvalue weighted by molar-refractivity contribution is -0.204. The summed E-state index contributed by atoms with van der Waals surface area (Å²) in [6.45, 7) is 13.7. The lowest BCUT2D eigenvalue weighted by Gasteiger charge is -2.71. The Labute approximate surface area is 273 Å². The van der Waals surface area contributed by atoms with Gasteiger partial charge in [-0.05, 0) is 116 Å². The third kappa shape index (κ3) is 4.53. The Bertz CT molecular complexity index is 1510. The van der Waals surface area contributed by atoms with Crippen LogP contribution in [-0.4, -0.2) is 39.6 Å². The summed E-state index contributed by atoms with van der Waals surface area (Å²) in [5.74, 6) is -0.310. The number of carbonyl (C=O) groups is 3. The molecule has 7 nitrogen and oxygen atoms in total. The van der Waals surface area contributed by atoms with E-state index in [2.05, 4.69) is 47.6 Å². The van der Waals surface area contributed by atoms with E-state index in [1.165, 1.54) is 23.8 Å². The SMILES string of the molecule is C[C@@H]1CC[C@]2(C(=O)O)CC[C@]3(COC(=O)/C=C/c4ccc(O)c(O)c4)C(=CCC4[C@@]5(C)CCC(=O)C(C)(C)C5CC[C@]43C)C2[C@H]1C. The highest BCUT2D eigenvalue weighted by molar-refractivity contribution is 5.87. The molecule has 0 aliphatic heterocycles. The minimum Gasteiger partial charge on any atom is -0.504 e. The van der Waals surface area contributed by atoms with Gasteiger partial charge in [-0.1, -0.05) is 59.3 Å². The minimum atomic E-state index is -0.810. The van der Waals surface area contributed by atoms with Crippen molar-refractivity contribution >= 4 is 23.8 Å². The van der Waals surface area contributed by atoms with E-state index in [1.807, 2.05) is 0 Å². The Hall–Kier alpha value is -3.09. The van der Waals surface area contributed by atoms with Crippen molar-refractivity contribution in [1.82, 2.24) is 0 Å². The summed E-state index contributed by atoms with van der Waals surface area (Å²) in [5, 5.41) is 30.4. The maximum Gasteiger partial charge on any atom is 0.330 e. The van der Waals surface area contributed by atoms with Gasteiger partial charge < -0.3 is 20.1 Å². The maximum atomic E-state index is 13.4. The molecule has 1 aromatic rings. The summed E-state index contributed by atoms with van der Waals surface area (Å²) in [6, 6.07) is 4.37. The largest absolute Gasteiger partial charge is 0.504 e. The van der Waals surface area contributed by atoms with Crippen LogP contribution in [0.25, 0.3) is 6.08 Å². The summed E-state index contributed by atoms with van der Waals surface area (Å²) < 4.78 is 6.21. The highest BCUT2D eigenvalue weighted by Gasteiger charge is 2.71. The van der Waals surface area contributed by atoms with Crippen LogP contribution in [0.4, 0.5) is 0 Å². The zero-order valence-electron chi connectivity index (χ0n) is 28.4. The van der Waals surface area contributed by atoms with E-state index in [4.69, 9.17) is 4.74 Å². The van der Waals surface area contributed by atoms with Crippen molar-refractivity contribution in [1.29, 1.82) is 0 Å². The van der Waals surface area contributed by atoms with Crippen molar-refractivity contribution < 1.29 is 34.4 Å². The molecule has 0 amide bonds. The van der Waals surface area contributed by atoms with Gasteiger partial charge in [0.05, 0.1) is 5.41 Å². The number of allylic oxidation sites excluding steroid dienone is 1. The standard InChI is InChI=1S/C39H52O7/c1-23-13-18-38(34(44)45)19-20-39(22-46-32(43)12-8-25-7-10-27(40)28(41)21-25)26(33(38)24(23)2)9-11-30-36(5)16-15-31(42)35(3,4)29(36)14-17-37(30,39)6/h7-10,12,21,23-24,29-30,33,40-41H,11,13-20,22H2,1-6H3,(H,44,45)/b12-8+/t23-,24+,29?,30?,33?,36+,37-,38+,39+/m1/s1. The van der Waals surface area contributed by atoms with Crippen molar-refractivity contribution in [2.24, 2.45) is 56.7 Å². The predicted molar refractivity (Wildman–Crippen MR) is 176 cm³/mol. The Morgan fingerprint density at radius 3 is 2.39 bits per heavy atom. The number of benzene rings is 1. The fraction of sp³-hybridized carbons (Fsp3) is 0.667. The minimum absolute atomic E-state index is 0.0585. The number of esters is 1. The van der Waals surface area contributed by atoms with Crippen LogP contribution in [0.5, 0.6) is 11.5 Å². The van der Waals surface area contributed by atoms with E-state index in [0.717, 1.165) is 32.1 Å². The molecular weight excluding hydrogens is 580 g/mol. The summed E-state index contributed by atoms with van der Waals surface area (Å²) in [7, 11) is 0. The Kier molecular flexibility index (Phi) is 7.84. The van der Waals surface area contributed by atoms with Gasteiger partial charge in [-0.2, -0.15) is 0 Å². The molecule has 0 bridgehead atoms. The monoisotopic (exact) mass is 632 g/mol. The van der Waals surface area contributed by atoms with E-state index >= 15 is 0 Å². The highest BCUT2D eigenvalue weighted by atomic mass is 16.5. The Balaban J connectivity index is 1.42. The number of aromatic hydroxyl groups is 2. The molecule has 0 heterocycles. The quantitative estimate of drug-likeness (QED) is 0.130. The van der Waals surface area contributed by atoms with Crippen LogP contribution < -0.4 is 0 Å². The molecule has 0 aromatic heterocycles. The van der Waals surface area contributed by atoms with Gasteiger partial charge in [0.1, 0.15) is 12.4 Å². The normalized spacial score (nSPS) is 41.4. The number of phenols is 2. The van der Waals surface area contributed by atoms with Crippen molar-refractivity contribution in [3.8, 4) is 11.5 Å². The number of hydrogen-bond acceptors (Lipinski definition) is 6. The molecule has 4 fully saturated rings. The Morgan fingerprint density at radius 1 is 0.957 bits per heavy atom. The van der Waals surface area contributed by atoms with Gasteiger partial charge in [0.2, 0.25) is 0 Å². The summed E-state index contributed by atoms with van der Waals surface area (Å²) in [6.07, 6.45) is 12.2. The number of phenolic OH excluding ortho intramolecular Hbond substituents is 2. The maximum absolute atomic E-state index is 13.4. The summed E-state index contributed by atoms with van der Waals surface area (Å²) in [4.78, 5) is 39.7. The second kappa shape index (κ2) is 11.0. The smallest absolute Gasteiger partial charge is 0.330 e. The number of aliphatic carboxylic acids is 1. The van der Waals surface area contributed by atoms with E-state index < -0.39 is 22.8 Å². The van der Waals surface area contributed by atoms with Crippen molar-refractivity contribution in [3.05, 3.63) is 41.5 Å². The fourth-order valence-electron chi connectivity index (χ4n) is 11.8. The van der Waals surface area contributed by atoms with Gasteiger partial charge >= 0.3 is 11.9 Å². The summed E-state index contributed by atoms with van der Waals surface area (Å²) >= 11 is 0. The topological polar surface area (TPSA) is 121 Å². The molecule has 7 heteroatoms. The molecule has 3 N–H and O–H groups in total. The number of carboxylic acid groups (broad SMARTS) is 1. The van der Waals surface area contributed by atoms with Crippen LogP contribution in [0, 0.1) is 56.7 Å². The zero-order chi connectivity index (χ0) is 33.4. The van der Waals surface area contributed by atoms with Gasteiger partial charge in [0, 0.05) is 23.3 Å². The van der Waals surface area contributed by atoms with Crippen LogP contribution in [0.3, 0.4) is 0 Å². The lowest BCUT2D eigenvalue weighted by Crippen LogP contribution is -2.66. The molecule has 5 aliphatic carbocycles. The number of Topliss-reactive ketones (excluding diaryl/α,β-unsaturated/α-hetero) is 1. The molecule has 3 unspecified atom stereocenters. The second-order valence-corrected chi connectivity index (χ2v) is 16.7. The molecule has 6 rings (SSSR count). The average molecular weight is 633 g/mol. The number of rotatable bonds is 5. The molecule has 0 saturated heterocycles. The first-order valence-corrected chi connectivity index (χ1v) is 17.4. The number of ketones is 1. The van der Waals surface area contributed by atoms with Crippen molar-refractivity contribution in [2.75, 3.05) is 6.61 Å². The van der Waals surface area contributed by atoms with Crippen LogP contribution >= 0.6 is 0 Å². The van der Waals surface area contributed by atoms with Crippen LogP contribution in [0.2, 0.25) is 0 Å². The first-order chi connectivity index (χ1) is 21.5. The van der Waals surface area contributed by atoms with Crippen LogP contribution in [0.1, 0.15) is 105 Å². The first kappa shape index (κ1) is 32.8. The molecule has 9 atom stereocenters. The van der Waals surface area contributed by atoms with E-state index in [1.54, 1.807) is 12.1 Å². The predicted octanol–water partition coefficient (Wildman–Crippen LogP) is 7.95. The first-order valence-electron chi connectivity index (χ1n) is 17.4. The molecule has 46 heavy (non-hydrogen) atoms.